The van der Waals surface area contributed by atoms with E-state index in [9.17, 15) is 0 Å². The van der Waals surface area contributed by atoms with Crippen LogP contribution < -0.4 is 5.32 Å². The van der Waals surface area contributed by atoms with Crippen LogP contribution in [-0.4, -0.2) is 13.1 Å². The summed E-state index contributed by atoms with van der Waals surface area (Å²) in [5.74, 6) is 0.755. The molecular weight excluding hydrogens is 277 g/mol. The molecule has 0 bridgehead atoms. The van der Waals surface area contributed by atoms with Gasteiger partial charge >= 0.3 is 0 Å². The highest BCUT2D eigenvalue weighted by molar-refractivity contribution is 6.42. The van der Waals surface area contributed by atoms with E-state index in [4.69, 9.17) is 23.2 Å². The van der Waals surface area contributed by atoms with Crippen molar-refractivity contribution in [2.24, 2.45) is 5.92 Å². The number of rotatable bonds is 2. The highest BCUT2D eigenvalue weighted by Crippen LogP contribution is 2.48. The van der Waals surface area contributed by atoms with Gasteiger partial charge in [0.2, 0.25) is 0 Å². The second-order valence-corrected chi connectivity index (χ2v) is 6.85. The number of nitrogens with one attached hydrogen (secondary N) is 1. The lowest BCUT2D eigenvalue weighted by molar-refractivity contribution is 0.202. The van der Waals surface area contributed by atoms with Crippen LogP contribution in [0.4, 0.5) is 0 Å². The van der Waals surface area contributed by atoms with Gasteiger partial charge in [0.1, 0.15) is 0 Å². The van der Waals surface area contributed by atoms with Gasteiger partial charge in [0.15, 0.2) is 0 Å². The third kappa shape index (κ3) is 2.53. The van der Waals surface area contributed by atoms with Crippen LogP contribution in [0.1, 0.15) is 44.1 Å². The molecule has 3 rings (SSSR count). The van der Waals surface area contributed by atoms with Crippen molar-refractivity contribution in [2.75, 3.05) is 13.1 Å². The molecule has 3 heteroatoms. The van der Waals surface area contributed by atoms with Crippen molar-refractivity contribution in [3.8, 4) is 0 Å². The highest BCUT2D eigenvalue weighted by Gasteiger charge is 2.42. The van der Waals surface area contributed by atoms with Gasteiger partial charge in [-0.15, -0.1) is 0 Å². The summed E-state index contributed by atoms with van der Waals surface area (Å²) in [6.07, 6.45) is 7.96. The molecule has 104 valence electrons. The van der Waals surface area contributed by atoms with Gasteiger partial charge in [-0.05, 0) is 61.4 Å². The third-order valence-electron chi connectivity index (χ3n) is 5.08. The van der Waals surface area contributed by atoms with Crippen molar-refractivity contribution in [3.05, 3.63) is 33.8 Å². The average molecular weight is 298 g/mol. The molecule has 1 nitrogen and oxygen atoms in total. The summed E-state index contributed by atoms with van der Waals surface area (Å²) >= 11 is 12.3. The van der Waals surface area contributed by atoms with Crippen LogP contribution in [0.15, 0.2) is 18.2 Å². The van der Waals surface area contributed by atoms with E-state index in [1.807, 2.05) is 6.07 Å². The number of hydrogen-bond acceptors (Lipinski definition) is 1. The molecule has 1 aromatic carbocycles. The molecule has 0 aromatic heterocycles. The Morgan fingerprint density at radius 1 is 1.05 bits per heavy atom. The Kier molecular flexibility index (Phi) is 4.07. The molecule has 2 aliphatic rings. The van der Waals surface area contributed by atoms with Gasteiger partial charge in [-0.1, -0.05) is 48.5 Å². The van der Waals surface area contributed by atoms with Crippen molar-refractivity contribution >= 4 is 23.2 Å². The second-order valence-electron chi connectivity index (χ2n) is 6.04. The summed E-state index contributed by atoms with van der Waals surface area (Å²) in [4.78, 5) is 0. The lowest BCUT2D eigenvalue weighted by Gasteiger charge is -2.43. The predicted octanol–water partition coefficient (Wildman–Crippen LogP) is 4.80. The molecule has 2 fully saturated rings. The number of halogens is 2. The minimum atomic E-state index is 0.329. The Bertz CT molecular complexity index is 446. The summed E-state index contributed by atoms with van der Waals surface area (Å²) in [5.41, 5.74) is 1.74. The van der Waals surface area contributed by atoms with Gasteiger partial charge in [-0.25, -0.2) is 0 Å². The van der Waals surface area contributed by atoms with E-state index >= 15 is 0 Å². The molecule has 1 saturated carbocycles. The van der Waals surface area contributed by atoms with Crippen LogP contribution in [0.5, 0.6) is 0 Å². The SMILES string of the molecule is Clc1ccc(C2(C3CCNC3)CCCCC2)cc1Cl. The molecule has 1 heterocycles. The van der Waals surface area contributed by atoms with E-state index in [1.54, 1.807) is 0 Å². The summed E-state index contributed by atoms with van der Waals surface area (Å²) in [7, 11) is 0. The van der Waals surface area contributed by atoms with Gasteiger partial charge in [-0.3, -0.25) is 0 Å². The first-order valence-corrected chi connectivity index (χ1v) is 8.14. The molecule has 1 aliphatic heterocycles. The van der Waals surface area contributed by atoms with E-state index < -0.39 is 0 Å². The minimum absolute atomic E-state index is 0.329. The Hall–Kier alpha value is -0.240. The zero-order valence-electron chi connectivity index (χ0n) is 11.2. The molecule has 1 aromatic rings. The lowest BCUT2D eigenvalue weighted by Crippen LogP contribution is -2.38. The summed E-state index contributed by atoms with van der Waals surface area (Å²) in [5, 5.41) is 4.90. The number of benzene rings is 1. The van der Waals surface area contributed by atoms with E-state index in [0.29, 0.717) is 15.5 Å². The van der Waals surface area contributed by atoms with Crippen LogP contribution in [0.3, 0.4) is 0 Å². The third-order valence-corrected chi connectivity index (χ3v) is 5.82. The van der Waals surface area contributed by atoms with Crippen LogP contribution in [0.2, 0.25) is 10.0 Å². The van der Waals surface area contributed by atoms with Crippen LogP contribution >= 0.6 is 23.2 Å². The smallest absolute Gasteiger partial charge is 0.0595 e. The standard InChI is InChI=1S/C16H21Cl2N/c17-14-5-4-12(10-15(14)18)16(7-2-1-3-8-16)13-6-9-19-11-13/h4-5,10,13,19H,1-3,6-9,11H2. The first-order chi connectivity index (χ1) is 9.22. The Labute approximate surface area is 125 Å². The Morgan fingerprint density at radius 2 is 1.84 bits per heavy atom. The van der Waals surface area contributed by atoms with Crippen molar-refractivity contribution < 1.29 is 0 Å². The summed E-state index contributed by atoms with van der Waals surface area (Å²) in [6, 6.07) is 6.29. The molecule has 19 heavy (non-hydrogen) atoms. The Morgan fingerprint density at radius 3 is 2.47 bits per heavy atom. The fourth-order valence-electron chi connectivity index (χ4n) is 4.05. The molecule has 0 spiro atoms. The quantitative estimate of drug-likeness (QED) is 0.826. The normalized spacial score (nSPS) is 26.5. The maximum absolute atomic E-state index is 6.25. The van der Waals surface area contributed by atoms with E-state index in [2.05, 4.69) is 17.4 Å². The van der Waals surface area contributed by atoms with E-state index in [0.717, 1.165) is 19.0 Å². The Balaban J connectivity index is 1.99. The van der Waals surface area contributed by atoms with Gasteiger partial charge in [0.25, 0.3) is 0 Å². The predicted molar refractivity (Wildman–Crippen MR) is 82.2 cm³/mol. The zero-order valence-corrected chi connectivity index (χ0v) is 12.7. The maximum Gasteiger partial charge on any atom is 0.0595 e. The fourth-order valence-corrected chi connectivity index (χ4v) is 4.35. The topological polar surface area (TPSA) is 12.0 Å². The molecule has 1 saturated heterocycles. The molecule has 1 atom stereocenters. The van der Waals surface area contributed by atoms with Crippen LogP contribution in [0, 0.1) is 5.92 Å². The van der Waals surface area contributed by atoms with Crippen LogP contribution in [0.25, 0.3) is 0 Å². The first-order valence-electron chi connectivity index (χ1n) is 7.39. The van der Waals surface area contributed by atoms with Gasteiger partial charge < -0.3 is 5.32 Å². The van der Waals surface area contributed by atoms with Crippen LogP contribution in [-0.2, 0) is 5.41 Å². The largest absolute Gasteiger partial charge is 0.316 e. The lowest BCUT2D eigenvalue weighted by atomic mass is 9.62. The second kappa shape index (κ2) is 5.63. The molecular formula is C16H21Cl2N. The highest BCUT2D eigenvalue weighted by atomic mass is 35.5. The molecule has 0 radical (unpaired) electrons. The summed E-state index contributed by atoms with van der Waals surface area (Å²) in [6.45, 7) is 2.31. The fraction of sp³-hybridized carbons (Fsp3) is 0.625. The average Bonchev–Trinajstić information content (AvgIpc) is 2.97. The van der Waals surface area contributed by atoms with Gasteiger partial charge in [-0.2, -0.15) is 0 Å². The minimum Gasteiger partial charge on any atom is -0.316 e. The molecule has 0 amide bonds. The molecule has 1 aliphatic carbocycles. The molecule has 1 N–H and O–H groups in total. The zero-order chi connectivity index (χ0) is 13.3. The maximum atomic E-state index is 6.25. The first kappa shape index (κ1) is 13.7. The van der Waals surface area contributed by atoms with E-state index in [-0.39, 0.29) is 0 Å². The van der Waals surface area contributed by atoms with Crippen molar-refractivity contribution in [2.45, 2.75) is 43.9 Å². The van der Waals surface area contributed by atoms with Gasteiger partial charge in [0, 0.05) is 0 Å². The van der Waals surface area contributed by atoms with Crippen molar-refractivity contribution in [3.63, 3.8) is 0 Å². The van der Waals surface area contributed by atoms with E-state index in [1.165, 1.54) is 44.1 Å². The van der Waals surface area contributed by atoms with Crippen molar-refractivity contribution in [1.82, 2.24) is 5.32 Å². The van der Waals surface area contributed by atoms with Gasteiger partial charge in [0.05, 0.1) is 10.0 Å². The number of hydrogen-bond donors (Lipinski definition) is 1. The molecule has 1 unspecified atom stereocenters. The van der Waals surface area contributed by atoms with Crippen molar-refractivity contribution in [1.29, 1.82) is 0 Å². The monoisotopic (exact) mass is 297 g/mol. The summed E-state index contributed by atoms with van der Waals surface area (Å²) < 4.78 is 0.